The minimum Gasteiger partial charge on any atom is -0.309 e. The van der Waals surface area contributed by atoms with Gasteiger partial charge < -0.3 is 4.57 Å². The van der Waals surface area contributed by atoms with Gasteiger partial charge in [0, 0.05) is 16.3 Å². The van der Waals surface area contributed by atoms with E-state index in [2.05, 4.69) is 187 Å². The van der Waals surface area contributed by atoms with E-state index in [0.717, 1.165) is 22.3 Å². The number of hydrogen-bond acceptors (Lipinski definition) is 1. The molecule has 0 N–H and O–H groups in total. The number of para-hydroxylation sites is 2. The minimum atomic E-state index is -2.84. The number of aromatic nitrogens is 1. The molecule has 8 rings (SSSR count). The van der Waals surface area contributed by atoms with Crippen LogP contribution in [0.5, 0.6) is 0 Å². The van der Waals surface area contributed by atoms with Crippen LogP contribution < -0.4 is 20.7 Å². The highest BCUT2D eigenvalue weighted by Gasteiger charge is 2.43. The second kappa shape index (κ2) is 11.5. The van der Waals surface area contributed by atoms with Crippen LogP contribution in [0.25, 0.3) is 38.6 Å². The van der Waals surface area contributed by atoms with Gasteiger partial charge in [-0.3, -0.25) is 0 Å². The van der Waals surface area contributed by atoms with E-state index in [-0.39, 0.29) is 0 Å². The third-order valence-electron chi connectivity index (χ3n) is 9.19. The molecular weight excluding hydrogens is 573 g/mol. The van der Waals surface area contributed by atoms with Gasteiger partial charge in [0.1, 0.15) is 0 Å². The Labute approximate surface area is 270 Å². The molecule has 7 aromatic carbocycles. The summed E-state index contributed by atoms with van der Waals surface area (Å²) < 4.78 is 2.34. The lowest BCUT2D eigenvalue weighted by atomic mass is 10.0. The summed E-state index contributed by atoms with van der Waals surface area (Å²) in [5, 5.41) is 17.8. The van der Waals surface area contributed by atoms with Crippen molar-refractivity contribution in [2.24, 2.45) is 0 Å². The van der Waals surface area contributed by atoms with Crippen molar-refractivity contribution >= 4 is 50.6 Å². The van der Waals surface area contributed by atoms with Crippen LogP contribution >= 0.6 is 0 Å². The fourth-order valence-electron chi connectivity index (χ4n) is 7.27. The third-order valence-corrected chi connectivity index (χ3v) is 14.0. The average molecular weight is 603 g/mol. The quantitative estimate of drug-likeness (QED) is 0.142. The third kappa shape index (κ3) is 4.31. The maximum Gasteiger partial charge on any atom is 0.180 e. The highest BCUT2D eigenvalue weighted by molar-refractivity contribution is 7.20. The SMILES string of the molecule is N#Cc1ccc(-c2ccccc2[Si](c2ccccc2)(c2ccccc2)c2ccccc2)c(-n2c3ccccc3c3ccccc32)c1. The fourth-order valence-corrected chi connectivity index (χ4v) is 12.3. The first-order valence-corrected chi connectivity index (χ1v) is 17.6. The van der Waals surface area contributed by atoms with Gasteiger partial charge in [-0.05, 0) is 50.6 Å². The minimum absolute atomic E-state index is 0.635. The van der Waals surface area contributed by atoms with E-state index in [4.69, 9.17) is 0 Å². The van der Waals surface area contributed by atoms with Gasteiger partial charge in [0.25, 0.3) is 0 Å². The largest absolute Gasteiger partial charge is 0.309 e. The Morgan fingerprint density at radius 2 is 0.891 bits per heavy atom. The normalized spacial score (nSPS) is 11.5. The highest BCUT2D eigenvalue weighted by Crippen LogP contribution is 2.36. The summed E-state index contributed by atoms with van der Waals surface area (Å²) in [5.41, 5.74) is 6.15. The lowest BCUT2D eigenvalue weighted by Crippen LogP contribution is -2.75. The van der Waals surface area contributed by atoms with Gasteiger partial charge in [-0.1, -0.05) is 158 Å². The standard InChI is InChI=1S/C43H30N2Si/c44-31-32-28-29-38(42(30-32)45-40-25-13-10-22-36(40)37-23-11-14-26-41(37)45)39-24-12-15-27-43(39)46(33-16-4-1-5-17-33,34-18-6-2-7-19-34)35-20-8-3-9-21-35/h1-30H. The highest BCUT2D eigenvalue weighted by atomic mass is 28.3. The zero-order chi connectivity index (χ0) is 30.9. The summed E-state index contributed by atoms with van der Waals surface area (Å²) in [6.45, 7) is 0. The molecule has 0 unspecified atom stereocenters. The zero-order valence-corrected chi connectivity index (χ0v) is 26.2. The summed E-state index contributed by atoms with van der Waals surface area (Å²) in [5.74, 6) is 0. The van der Waals surface area contributed by atoms with Crippen molar-refractivity contribution in [1.29, 1.82) is 5.26 Å². The molecule has 0 saturated carbocycles. The maximum absolute atomic E-state index is 10.1. The summed E-state index contributed by atoms with van der Waals surface area (Å²) in [6.07, 6.45) is 0. The molecule has 1 heterocycles. The van der Waals surface area contributed by atoms with Gasteiger partial charge in [0.15, 0.2) is 8.07 Å². The van der Waals surface area contributed by atoms with E-state index < -0.39 is 8.07 Å². The van der Waals surface area contributed by atoms with Crippen LogP contribution in [0.3, 0.4) is 0 Å². The molecule has 0 amide bonds. The second-order valence-electron chi connectivity index (χ2n) is 11.6. The van der Waals surface area contributed by atoms with E-state index in [1.54, 1.807) is 0 Å². The first kappa shape index (κ1) is 27.6. The van der Waals surface area contributed by atoms with Gasteiger partial charge in [-0.25, -0.2) is 0 Å². The van der Waals surface area contributed by atoms with Crippen LogP contribution in [0.2, 0.25) is 0 Å². The maximum atomic E-state index is 10.1. The van der Waals surface area contributed by atoms with Crippen molar-refractivity contribution in [2.45, 2.75) is 0 Å². The Morgan fingerprint density at radius 1 is 0.435 bits per heavy atom. The molecule has 2 nitrogen and oxygen atoms in total. The number of rotatable bonds is 6. The van der Waals surface area contributed by atoms with Crippen molar-refractivity contribution < 1.29 is 0 Å². The van der Waals surface area contributed by atoms with Crippen molar-refractivity contribution in [2.75, 3.05) is 0 Å². The smallest absolute Gasteiger partial charge is 0.180 e. The van der Waals surface area contributed by atoms with Gasteiger partial charge >= 0.3 is 0 Å². The number of nitrogens with zero attached hydrogens (tertiary/aromatic N) is 2. The van der Waals surface area contributed by atoms with E-state index in [1.165, 1.54) is 37.1 Å². The molecule has 0 spiro atoms. The van der Waals surface area contributed by atoms with Gasteiger partial charge in [-0.15, -0.1) is 0 Å². The Hall–Kier alpha value is -5.95. The molecule has 0 aliphatic heterocycles. The number of nitriles is 1. The fraction of sp³-hybridized carbons (Fsp3) is 0. The summed E-state index contributed by atoms with van der Waals surface area (Å²) in [6, 6.07) is 67.7. The molecule has 46 heavy (non-hydrogen) atoms. The molecule has 0 atom stereocenters. The van der Waals surface area contributed by atoms with E-state index >= 15 is 0 Å². The molecule has 0 aliphatic rings. The molecule has 3 heteroatoms. The molecule has 216 valence electrons. The van der Waals surface area contributed by atoms with Crippen LogP contribution in [-0.2, 0) is 0 Å². The number of hydrogen-bond donors (Lipinski definition) is 0. The molecular formula is C43H30N2Si. The van der Waals surface area contributed by atoms with Crippen LogP contribution in [-0.4, -0.2) is 12.6 Å². The molecule has 0 saturated heterocycles. The van der Waals surface area contributed by atoms with Crippen LogP contribution in [0.4, 0.5) is 0 Å². The summed E-state index contributed by atoms with van der Waals surface area (Å²) in [4.78, 5) is 0. The van der Waals surface area contributed by atoms with Crippen LogP contribution in [0, 0.1) is 11.3 Å². The predicted molar refractivity (Wildman–Crippen MR) is 195 cm³/mol. The monoisotopic (exact) mass is 602 g/mol. The Kier molecular flexibility index (Phi) is 6.91. The van der Waals surface area contributed by atoms with Gasteiger partial charge in [0.05, 0.1) is 28.4 Å². The molecule has 0 bridgehead atoms. The molecule has 0 aliphatic carbocycles. The lowest BCUT2D eigenvalue weighted by molar-refractivity contribution is 1.18. The Balaban J connectivity index is 1.52. The first-order valence-electron chi connectivity index (χ1n) is 15.6. The van der Waals surface area contributed by atoms with Crippen molar-refractivity contribution in [3.63, 3.8) is 0 Å². The second-order valence-corrected chi connectivity index (χ2v) is 15.4. The van der Waals surface area contributed by atoms with E-state index in [9.17, 15) is 5.26 Å². The van der Waals surface area contributed by atoms with E-state index in [0.29, 0.717) is 5.56 Å². The topological polar surface area (TPSA) is 28.7 Å². The molecule has 0 radical (unpaired) electrons. The molecule has 0 fully saturated rings. The van der Waals surface area contributed by atoms with Crippen LogP contribution in [0.1, 0.15) is 5.56 Å². The molecule has 8 aromatic rings. The van der Waals surface area contributed by atoms with Gasteiger partial charge in [-0.2, -0.15) is 5.26 Å². The number of benzene rings is 7. The Bertz CT molecular complexity index is 2220. The Morgan fingerprint density at radius 3 is 1.41 bits per heavy atom. The summed E-state index contributed by atoms with van der Waals surface area (Å²) >= 11 is 0. The zero-order valence-electron chi connectivity index (χ0n) is 25.2. The average Bonchev–Trinajstić information content (AvgIpc) is 3.48. The first-order chi connectivity index (χ1) is 22.8. The van der Waals surface area contributed by atoms with Crippen molar-refractivity contribution in [3.05, 3.63) is 188 Å². The van der Waals surface area contributed by atoms with Crippen LogP contribution in [0.15, 0.2) is 182 Å². The van der Waals surface area contributed by atoms with Crippen molar-refractivity contribution in [1.82, 2.24) is 4.57 Å². The number of fused-ring (bicyclic) bond motifs is 3. The molecule has 1 aromatic heterocycles. The van der Waals surface area contributed by atoms with Crippen molar-refractivity contribution in [3.8, 4) is 22.9 Å². The predicted octanol–water partition coefficient (Wildman–Crippen LogP) is 7.70. The van der Waals surface area contributed by atoms with E-state index in [1.807, 2.05) is 6.07 Å². The summed E-state index contributed by atoms with van der Waals surface area (Å²) in [7, 11) is -2.84. The lowest BCUT2D eigenvalue weighted by Gasteiger charge is -2.36. The van der Waals surface area contributed by atoms with Gasteiger partial charge in [0.2, 0.25) is 0 Å².